The first-order chi connectivity index (χ1) is 23.3. The first kappa shape index (κ1) is 40.5. The molecular formula is C31H29Cl5N6O5S2. The van der Waals surface area contributed by atoms with Gasteiger partial charge in [0.15, 0.2) is 0 Å². The smallest absolute Gasteiger partial charge is 0.368 e. The molecule has 0 amide bonds. The second kappa shape index (κ2) is 20.7. The number of ether oxygens (including phenoxy) is 1. The SMILES string of the molecule is C=CCOC(Cn1ccnc1)c1ccc(Cl)cc1Cl.Clc1ccc(CSC(Cn2cncn2)=Nc2ccc(Cl)cc2Cl)cc1.O=S(=O)(O)O. The molecule has 0 spiro atoms. The lowest BCUT2D eigenvalue weighted by molar-refractivity contribution is 0.0608. The Labute approximate surface area is 313 Å². The van der Waals surface area contributed by atoms with E-state index in [1.54, 1.807) is 71.7 Å². The molecule has 11 nitrogen and oxygen atoms in total. The number of halogens is 5. The molecule has 5 aromatic rings. The molecule has 1 unspecified atom stereocenters. The highest BCUT2D eigenvalue weighted by atomic mass is 35.5. The third-order valence-corrected chi connectivity index (χ3v) is 8.28. The summed E-state index contributed by atoms with van der Waals surface area (Å²) in [4.78, 5) is 12.7. The molecule has 2 heterocycles. The predicted molar refractivity (Wildman–Crippen MR) is 198 cm³/mol. The Morgan fingerprint density at radius 2 is 1.59 bits per heavy atom. The first-order valence-electron chi connectivity index (χ1n) is 13.9. The Bertz CT molecular complexity index is 1890. The van der Waals surface area contributed by atoms with Crippen LogP contribution in [-0.2, 0) is 34.0 Å². The van der Waals surface area contributed by atoms with Crippen LogP contribution >= 0.6 is 69.8 Å². The van der Waals surface area contributed by atoms with Crippen LogP contribution in [0.4, 0.5) is 5.69 Å². The number of aromatic nitrogens is 5. The zero-order chi connectivity index (χ0) is 35.8. The van der Waals surface area contributed by atoms with Gasteiger partial charge in [-0.1, -0.05) is 82.3 Å². The average molecular weight is 807 g/mol. The van der Waals surface area contributed by atoms with Crippen molar-refractivity contribution in [1.82, 2.24) is 24.3 Å². The van der Waals surface area contributed by atoms with E-state index in [1.807, 2.05) is 41.1 Å². The molecule has 2 N–H and O–H groups in total. The lowest BCUT2D eigenvalue weighted by atomic mass is 10.1. The van der Waals surface area contributed by atoms with Crippen LogP contribution < -0.4 is 0 Å². The summed E-state index contributed by atoms with van der Waals surface area (Å²) in [5, 5.41) is 8.02. The number of hydrogen-bond acceptors (Lipinski definition) is 8. The summed E-state index contributed by atoms with van der Waals surface area (Å²) in [5.74, 6) is 0.760. The molecule has 2 aromatic heterocycles. The average Bonchev–Trinajstić information content (AvgIpc) is 3.75. The van der Waals surface area contributed by atoms with Crippen LogP contribution in [0.15, 0.2) is 110 Å². The van der Waals surface area contributed by atoms with E-state index in [4.69, 9.17) is 80.3 Å². The van der Waals surface area contributed by atoms with Crippen LogP contribution in [0, 0.1) is 0 Å². The summed E-state index contributed by atoms with van der Waals surface area (Å²) < 4.78 is 41.0. The Morgan fingerprint density at radius 3 is 2.16 bits per heavy atom. The van der Waals surface area contributed by atoms with Gasteiger partial charge in [0.2, 0.25) is 0 Å². The number of aliphatic imine (C=N–C) groups is 1. The Hall–Kier alpha value is -2.95. The van der Waals surface area contributed by atoms with Crippen molar-refractivity contribution < 1.29 is 22.3 Å². The van der Waals surface area contributed by atoms with Crippen molar-refractivity contribution in [1.29, 1.82) is 0 Å². The number of imidazole rings is 1. The minimum atomic E-state index is -4.67. The molecule has 0 bridgehead atoms. The quantitative estimate of drug-likeness (QED) is 0.0577. The van der Waals surface area contributed by atoms with Gasteiger partial charge in [-0.25, -0.2) is 19.6 Å². The number of thioether (sulfide) groups is 1. The minimum absolute atomic E-state index is 0.169. The topological polar surface area (TPSA) is 145 Å². The molecule has 0 aliphatic carbocycles. The maximum Gasteiger partial charge on any atom is 0.394 e. The maximum absolute atomic E-state index is 8.74. The van der Waals surface area contributed by atoms with Crippen molar-refractivity contribution in [2.24, 2.45) is 4.99 Å². The molecule has 0 saturated heterocycles. The summed E-state index contributed by atoms with van der Waals surface area (Å²) in [6.45, 7) is 5.26. The Kier molecular flexibility index (Phi) is 17.1. The Balaban J connectivity index is 0.000000240. The molecule has 3 aromatic carbocycles. The van der Waals surface area contributed by atoms with Gasteiger partial charge in [-0.05, 0) is 48.0 Å². The molecule has 5 rings (SSSR count). The zero-order valence-electron chi connectivity index (χ0n) is 25.4. The maximum atomic E-state index is 8.74. The molecule has 49 heavy (non-hydrogen) atoms. The van der Waals surface area contributed by atoms with Crippen molar-refractivity contribution in [2.45, 2.75) is 24.9 Å². The molecule has 0 radical (unpaired) electrons. The number of hydrogen-bond donors (Lipinski definition) is 2. The summed E-state index contributed by atoms with van der Waals surface area (Å²) in [7, 11) is -4.67. The highest BCUT2D eigenvalue weighted by Gasteiger charge is 2.16. The third kappa shape index (κ3) is 16.1. The molecule has 260 valence electrons. The molecule has 18 heteroatoms. The minimum Gasteiger partial charge on any atom is -0.368 e. The number of rotatable bonds is 11. The van der Waals surface area contributed by atoms with Gasteiger partial charge in [0.05, 0.1) is 41.8 Å². The zero-order valence-corrected chi connectivity index (χ0v) is 30.8. The van der Waals surface area contributed by atoms with E-state index in [1.165, 1.54) is 6.33 Å². The Morgan fingerprint density at radius 1 is 0.939 bits per heavy atom. The van der Waals surface area contributed by atoms with Crippen LogP contribution in [0.3, 0.4) is 0 Å². The predicted octanol–water partition coefficient (Wildman–Crippen LogP) is 9.38. The van der Waals surface area contributed by atoms with Crippen LogP contribution in [0.1, 0.15) is 17.2 Å². The second-order valence-electron chi connectivity index (χ2n) is 9.59. The van der Waals surface area contributed by atoms with Gasteiger partial charge >= 0.3 is 10.4 Å². The first-order valence-corrected chi connectivity index (χ1v) is 18.1. The van der Waals surface area contributed by atoms with Gasteiger partial charge < -0.3 is 9.30 Å². The fourth-order valence-corrected chi connectivity index (χ4v) is 5.81. The van der Waals surface area contributed by atoms with Crippen molar-refractivity contribution in [3.05, 3.63) is 141 Å². The lowest BCUT2D eigenvalue weighted by Gasteiger charge is -2.19. The molecule has 0 aliphatic rings. The summed E-state index contributed by atoms with van der Waals surface area (Å²) in [6.07, 6.45) is 10.1. The largest absolute Gasteiger partial charge is 0.394 e. The monoisotopic (exact) mass is 804 g/mol. The molecule has 0 saturated carbocycles. The standard InChI is InChI=1S/C17H13Cl3N4S.C14H14Cl2N2O.H2O4S/c18-13-3-1-12(2-4-13)9-25-17(8-24-11-21-10-22-24)23-16-6-5-14(19)7-15(16)20;1-2-7-19-14(9-18-6-5-17-10-18)12-4-3-11(15)8-13(12)16;1-5(2,3)4/h1-7,10-11H,8-9H2;2-6,8,10,14H,1,7,9H2;(H2,1,2,3,4). The summed E-state index contributed by atoms with van der Waals surface area (Å²) in [5.41, 5.74) is 2.73. The summed E-state index contributed by atoms with van der Waals surface area (Å²) in [6, 6.07) is 18.4. The van der Waals surface area contributed by atoms with E-state index >= 15 is 0 Å². The van der Waals surface area contributed by atoms with E-state index in [0.29, 0.717) is 45.5 Å². The van der Waals surface area contributed by atoms with E-state index < -0.39 is 10.4 Å². The van der Waals surface area contributed by atoms with E-state index in [2.05, 4.69) is 26.6 Å². The molecule has 1 atom stereocenters. The van der Waals surface area contributed by atoms with Crippen LogP contribution in [0.5, 0.6) is 0 Å². The normalized spacial score (nSPS) is 11.9. The fourth-order valence-electron chi connectivity index (χ4n) is 3.79. The highest BCUT2D eigenvalue weighted by molar-refractivity contribution is 8.13. The number of benzene rings is 3. The van der Waals surface area contributed by atoms with Crippen LogP contribution in [0.2, 0.25) is 25.1 Å². The number of nitrogens with zero attached hydrogens (tertiary/aromatic N) is 6. The van der Waals surface area contributed by atoms with Gasteiger partial charge in [-0.15, -0.1) is 18.3 Å². The third-order valence-electron chi connectivity index (χ3n) is 5.90. The van der Waals surface area contributed by atoms with Gasteiger partial charge in [-0.3, -0.25) is 9.11 Å². The second-order valence-corrected chi connectivity index (χ2v) is 13.7. The van der Waals surface area contributed by atoms with Crippen molar-refractivity contribution >= 4 is 90.9 Å². The van der Waals surface area contributed by atoms with Gasteiger partial charge in [0.25, 0.3) is 0 Å². The van der Waals surface area contributed by atoms with Crippen LogP contribution in [-0.4, -0.2) is 53.5 Å². The van der Waals surface area contributed by atoms with Gasteiger partial charge in [-0.2, -0.15) is 13.5 Å². The van der Waals surface area contributed by atoms with E-state index in [-0.39, 0.29) is 6.10 Å². The van der Waals surface area contributed by atoms with Gasteiger partial charge in [0, 0.05) is 43.8 Å². The van der Waals surface area contributed by atoms with Crippen LogP contribution in [0.25, 0.3) is 0 Å². The van der Waals surface area contributed by atoms with Crippen molar-refractivity contribution in [2.75, 3.05) is 6.61 Å². The van der Waals surface area contributed by atoms with E-state index in [0.717, 1.165) is 26.9 Å². The highest BCUT2D eigenvalue weighted by Crippen LogP contribution is 2.31. The molecular weight excluding hydrogens is 778 g/mol. The lowest BCUT2D eigenvalue weighted by Crippen LogP contribution is -2.12. The van der Waals surface area contributed by atoms with Gasteiger partial charge in [0.1, 0.15) is 18.8 Å². The molecule has 0 aliphatic heterocycles. The van der Waals surface area contributed by atoms with E-state index in [9.17, 15) is 0 Å². The summed E-state index contributed by atoms with van der Waals surface area (Å²) >= 11 is 31.9. The van der Waals surface area contributed by atoms with Crippen molar-refractivity contribution in [3.63, 3.8) is 0 Å². The molecule has 0 fully saturated rings. The fraction of sp³-hybridized carbons (Fsp3) is 0.161. The van der Waals surface area contributed by atoms with Crippen molar-refractivity contribution in [3.8, 4) is 0 Å².